The van der Waals surface area contributed by atoms with Crippen LogP contribution in [0.15, 0.2) is 84.9 Å². The van der Waals surface area contributed by atoms with Gasteiger partial charge in [-0.25, -0.2) is 4.57 Å². The van der Waals surface area contributed by atoms with Crippen molar-refractivity contribution in [2.75, 3.05) is 6.61 Å². The van der Waals surface area contributed by atoms with Gasteiger partial charge in [0, 0.05) is 10.9 Å². The van der Waals surface area contributed by atoms with Gasteiger partial charge in [0.15, 0.2) is 11.5 Å². The van der Waals surface area contributed by atoms with Gasteiger partial charge in [-0.3, -0.25) is 14.8 Å². The number of aromatic hydroxyl groups is 1. The Labute approximate surface area is 191 Å². The molecule has 0 saturated heterocycles. The number of phosphoric acid groups is 1. The average molecular weight is 462 g/mol. The van der Waals surface area contributed by atoms with E-state index >= 15 is 0 Å². The Balaban J connectivity index is 1.46. The maximum atomic E-state index is 12.1. The smallest absolute Gasteiger partial charge is 0.504 e. The molecule has 4 aromatic carbocycles. The molecule has 33 heavy (non-hydrogen) atoms. The normalized spacial score (nSPS) is 12.9. The van der Waals surface area contributed by atoms with Crippen molar-refractivity contribution < 1.29 is 23.6 Å². The van der Waals surface area contributed by atoms with Crippen molar-refractivity contribution in [3.8, 4) is 22.6 Å². The Morgan fingerprint density at radius 1 is 0.939 bits per heavy atom. The van der Waals surface area contributed by atoms with E-state index in [4.69, 9.17) is 20.2 Å². The van der Waals surface area contributed by atoms with Crippen LogP contribution in [0.2, 0.25) is 0 Å². The van der Waals surface area contributed by atoms with Crippen LogP contribution in [0, 0.1) is 5.41 Å². The van der Waals surface area contributed by atoms with Crippen molar-refractivity contribution in [3.05, 3.63) is 96.1 Å². The van der Waals surface area contributed by atoms with E-state index in [-0.39, 0.29) is 23.9 Å². The molecule has 5 N–H and O–H groups in total. The van der Waals surface area contributed by atoms with Crippen molar-refractivity contribution in [1.29, 1.82) is 5.41 Å². The van der Waals surface area contributed by atoms with Gasteiger partial charge in [-0.05, 0) is 40.6 Å². The second-order valence-electron chi connectivity index (χ2n) is 7.43. The molecule has 0 aliphatic carbocycles. The summed E-state index contributed by atoms with van der Waals surface area (Å²) in [5.41, 5.74) is 9.33. The second-order valence-corrected chi connectivity index (χ2v) is 8.81. The first-order valence-corrected chi connectivity index (χ1v) is 11.7. The number of hydrogen-bond acceptors (Lipinski definition) is 5. The summed E-state index contributed by atoms with van der Waals surface area (Å²) in [6.45, 7) is -0.0382. The maximum absolute atomic E-state index is 12.1. The summed E-state index contributed by atoms with van der Waals surface area (Å²) in [5, 5.41) is 19.5. The molecule has 0 heterocycles. The number of nitrogens with one attached hydrogen (secondary N) is 1. The largest absolute Gasteiger partial charge is 0.527 e. The lowest BCUT2D eigenvalue weighted by Gasteiger charge is -2.14. The third-order valence-corrected chi connectivity index (χ3v) is 6.12. The zero-order valence-corrected chi connectivity index (χ0v) is 18.5. The predicted molar refractivity (Wildman–Crippen MR) is 129 cm³/mol. The van der Waals surface area contributed by atoms with E-state index in [2.05, 4.69) is 0 Å². The first-order valence-electron chi connectivity index (χ1n) is 10.2. The van der Waals surface area contributed by atoms with Gasteiger partial charge in [0.25, 0.3) is 0 Å². The number of para-hydroxylation sites is 2. The average Bonchev–Trinajstić information content (AvgIpc) is 2.80. The number of rotatable bonds is 8. The summed E-state index contributed by atoms with van der Waals surface area (Å²) >= 11 is 0. The molecule has 168 valence electrons. The fraction of sp³-hybridized carbons (Fsp3) is 0.0800. The molecule has 0 amide bonds. The van der Waals surface area contributed by atoms with Gasteiger partial charge >= 0.3 is 7.82 Å². The molecule has 0 aliphatic rings. The highest BCUT2D eigenvalue weighted by Gasteiger charge is 2.24. The van der Waals surface area contributed by atoms with Gasteiger partial charge in [0.05, 0.1) is 6.61 Å². The van der Waals surface area contributed by atoms with Crippen LogP contribution in [0.3, 0.4) is 0 Å². The second kappa shape index (κ2) is 9.46. The van der Waals surface area contributed by atoms with Crippen LogP contribution in [-0.2, 0) is 15.5 Å². The van der Waals surface area contributed by atoms with Crippen LogP contribution >= 0.6 is 7.82 Å². The first kappa shape index (κ1) is 22.6. The quantitative estimate of drug-likeness (QED) is 0.161. The fourth-order valence-corrected chi connectivity index (χ4v) is 4.40. The van der Waals surface area contributed by atoms with E-state index in [9.17, 15) is 14.6 Å². The molecular formula is C25H23N2O5P. The number of phenols is 1. The van der Waals surface area contributed by atoms with Crippen molar-refractivity contribution in [3.63, 3.8) is 0 Å². The topological polar surface area (TPSA) is 126 Å². The van der Waals surface area contributed by atoms with Gasteiger partial charge in [-0.15, -0.1) is 0 Å². The van der Waals surface area contributed by atoms with E-state index in [1.165, 1.54) is 12.1 Å². The third kappa shape index (κ3) is 5.23. The van der Waals surface area contributed by atoms with E-state index in [0.717, 1.165) is 27.5 Å². The zero-order valence-electron chi connectivity index (χ0n) is 17.6. The number of nitrogen functional groups attached to an aromatic ring is 1. The van der Waals surface area contributed by atoms with Gasteiger partial charge in [0.2, 0.25) is 0 Å². The molecule has 1 unspecified atom stereocenters. The monoisotopic (exact) mass is 462 g/mol. The van der Waals surface area contributed by atoms with Gasteiger partial charge in [-0.1, -0.05) is 72.8 Å². The molecular weight excluding hydrogens is 439 g/mol. The molecule has 0 spiro atoms. The lowest BCUT2D eigenvalue weighted by Crippen LogP contribution is -2.11. The Kier molecular flexibility index (Phi) is 6.47. The SMILES string of the molecule is N=C(N)c1cccc2cccc(-c3ccc(CCOP(=O)(O)Oc4ccccc4O)cc3)c12. The molecule has 0 aliphatic heterocycles. The van der Waals surface area contributed by atoms with E-state index < -0.39 is 7.82 Å². The van der Waals surface area contributed by atoms with E-state index in [1.807, 2.05) is 60.7 Å². The highest BCUT2D eigenvalue weighted by Crippen LogP contribution is 2.46. The van der Waals surface area contributed by atoms with Crippen molar-refractivity contribution >= 4 is 24.4 Å². The predicted octanol–water partition coefficient (Wildman–Crippen LogP) is 5.23. The Morgan fingerprint density at radius 3 is 2.33 bits per heavy atom. The van der Waals surface area contributed by atoms with E-state index in [1.54, 1.807) is 12.1 Å². The van der Waals surface area contributed by atoms with E-state index in [0.29, 0.717) is 12.0 Å². The summed E-state index contributed by atoms with van der Waals surface area (Å²) in [6.07, 6.45) is 0.392. The number of benzene rings is 4. The van der Waals surface area contributed by atoms with Crippen molar-refractivity contribution in [1.82, 2.24) is 0 Å². The Hall–Kier alpha value is -3.64. The molecule has 0 bridgehead atoms. The fourth-order valence-electron chi connectivity index (χ4n) is 3.62. The highest BCUT2D eigenvalue weighted by molar-refractivity contribution is 7.47. The Morgan fingerprint density at radius 2 is 1.64 bits per heavy atom. The van der Waals surface area contributed by atoms with Crippen LogP contribution in [0.25, 0.3) is 21.9 Å². The number of fused-ring (bicyclic) bond motifs is 1. The highest BCUT2D eigenvalue weighted by atomic mass is 31.2. The summed E-state index contributed by atoms with van der Waals surface area (Å²) in [6, 6.07) is 25.3. The van der Waals surface area contributed by atoms with Gasteiger partial charge < -0.3 is 15.4 Å². The third-order valence-electron chi connectivity index (χ3n) is 5.18. The van der Waals surface area contributed by atoms with Crippen LogP contribution in [0.1, 0.15) is 11.1 Å². The first-order chi connectivity index (χ1) is 15.8. The molecule has 1 atom stereocenters. The Bertz CT molecular complexity index is 1350. The number of amidine groups is 1. The van der Waals surface area contributed by atoms with Crippen LogP contribution in [-0.4, -0.2) is 22.4 Å². The lowest BCUT2D eigenvalue weighted by atomic mass is 9.93. The zero-order chi connectivity index (χ0) is 23.4. The summed E-state index contributed by atoms with van der Waals surface area (Å²) in [5.74, 6) is -0.346. The summed E-state index contributed by atoms with van der Waals surface area (Å²) in [4.78, 5) is 9.91. The molecule has 4 rings (SSSR count). The number of phenolic OH excluding ortho intramolecular Hbond substituents is 1. The standard InChI is InChI=1S/C25H23N2O5P/c26-25(27)21-8-4-6-19-5-3-7-20(24(19)21)18-13-11-17(12-14-18)15-16-31-33(29,30)32-23-10-2-1-9-22(23)28/h1-14,28H,15-16H2,(H3,26,27)(H,29,30). The van der Waals surface area contributed by atoms with Gasteiger partial charge in [0.1, 0.15) is 5.84 Å². The lowest BCUT2D eigenvalue weighted by molar-refractivity contribution is 0.203. The number of nitrogens with two attached hydrogens (primary N) is 1. The minimum Gasteiger partial charge on any atom is -0.504 e. The van der Waals surface area contributed by atoms with Crippen LogP contribution in [0.5, 0.6) is 11.5 Å². The van der Waals surface area contributed by atoms with Gasteiger partial charge in [-0.2, -0.15) is 0 Å². The molecule has 0 aromatic heterocycles. The summed E-state index contributed by atoms with van der Waals surface area (Å²) in [7, 11) is -4.37. The molecule has 4 aromatic rings. The molecule has 7 nitrogen and oxygen atoms in total. The number of hydrogen-bond donors (Lipinski definition) is 4. The molecule has 0 fully saturated rings. The van der Waals surface area contributed by atoms with Crippen LogP contribution < -0.4 is 10.3 Å². The molecule has 0 radical (unpaired) electrons. The maximum Gasteiger partial charge on any atom is 0.527 e. The van der Waals surface area contributed by atoms with Crippen LogP contribution in [0.4, 0.5) is 0 Å². The summed E-state index contributed by atoms with van der Waals surface area (Å²) < 4.78 is 22.1. The van der Waals surface area contributed by atoms with Crippen molar-refractivity contribution in [2.24, 2.45) is 5.73 Å². The minimum absolute atomic E-state index is 0.0151. The number of phosphoric ester groups is 1. The molecule has 8 heteroatoms. The minimum atomic E-state index is -4.37. The molecule has 0 saturated carbocycles. The van der Waals surface area contributed by atoms with Crippen molar-refractivity contribution in [2.45, 2.75) is 6.42 Å².